The van der Waals surface area contributed by atoms with Gasteiger partial charge in [-0.1, -0.05) is 35.3 Å². The number of hydrogen-bond acceptors (Lipinski definition) is 7. The molecule has 0 radical (unpaired) electrons. The van der Waals surface area contributed by atoms with E-state index < -0.39 is 17.6 Å². The average molecular weight is 530 g/mol. The minimum atomic E-state index is -1.56. The summed E-state index contributed by atoms with van der Waals surface area (Å²) in [4.78, 5) is 12.0. The molecule has 0 aliphatic carbocycles. The van der Waals surface area contributed by atoms with Crippen LogP contribution in [0.1, 0.15) is 22.6 Å². The summed E-state index contributed by atoms with van der Waals surface area (Å²) in [5, 5.41) is 20.7. The molecule has 0 aromatic heterocycles. The molecule has 3 aromatic rings. The predicted octanol–water partition coefficient (Wildman–Crippen LogP) is 3.98. The van der Waals surface area contributed by atoms with E-state index in [-0.39, 0.29) is 6.54 Å². The Balaban J connectivity index is 1.95. The number of carbonyl (C=O) groups excluding carboxylic acids is 1. The quantitative estimate of drug-likeness (QED) is 0.136. The fraction of sp³-hybridized carbons (Fsp3) is 0.200. The van der Waals surface area contributed by atoms with Gasteiger partial charge in [0.15, 0.2) is 0 Å². The van der Waals surface area contributed by atoms with E-state index in [1.807, 2.05) is 17.6 Å². The van der Waals surface area contributed by atoms with Gasteiger partial charge in [0, 0.05) is 17.1 Å². The topological polar surface area (TPSA) is 130 Å². The zero-order valence-electron chi connectivity index (χ0n) is 19.5. The van der Waals surface area contributed by atoms with Gasteiger partial charge in [-0.15, -0.1) is 0 Å². The number of benzene rings is 3. The van der Waals surface area contributed by atoms with Crippen molar-refractivity contribution in [3.63, 3.8) is 0 Å². The Morgan fingerprint density at radius 1 is 1.08 bits per heavy atom. The predicted molar refractivity (Wildman–Crippen MR) is 140 cm³/mol. The molecule has 0 spiro atoms. The van der Waals surface area contributed by atoms with E-state index in [9.17, 15) is 9.90 Å². The molecule has 0 bridgehead atoms. The van der Waals surface area contributed by atoms with Gasteiger partial charge in [-0.25, -0.2) is 16.1 Å². The monoisotopic (exact) mass is 529 g/mol. The number of halogens is 2. The largest absolute Gasteiger partial charge is 0.497 e. The Hall–Kier alpha value is -3.50. The number of amides is 2. The lowest BCUT2D eigenvalue weighted by atomic mass is 9.74. The first kappa shape index (κ1) is 25.6. The van der Waals surface area contributed by atoms with Crippen LogP contribution in [0.4, 0.5) is 10.5 Å². The van der Waals surface area contributed by atoms with E-state index in [0.717, 1.165) is 0 Å². The lowest BCUT2D eigenvalue weighted by Crippen LogP contribution is -2.42. The van der Waals surface area contributed by atoms with Crippen molar-refractivity contribution in [2.75, 3.05) is 26.1 Å². The Morgan fingerprint density at radius 2 is 1.69 bits per heavy atom. The number of rotatable bonds is 7. The molecule has 1 aliphatic heterocycles. The number of anilines is 1. The highest BCUT2D eigenvalue weighted by Crippen LogP contribution is 2.49. The van der Waals surface area contributed by atoms with E-state index in [1.165, 1.54) is 0 Å². The van der Waals surface area contributed by atoms with Gasteiger partial charge in [0.2, 0.25) is 0 Å². The first-order valence-corrected chi connectivity index (χ1v) is 11.6. The first-order chi connectivity index (χ1) is 17.3. The Bertz CT molecular complexity index is 1280. The highest BCUT2D eigenvalue weighted by Gasteiger charge is 2.48. The molecule has 4 rings (SSSR count). The van der Waals surface area contributed by atoms with Crippen molar-refractivity contribution >= 4 is 40.6 Å². The molecule has 2 atom stereocenters. The number of hydrogen-bond donors (Lipinski definition) is 5. The van der Waals surface area contributed by atoms with Crippen molar-refractivity contribution in [1.29, 1.82) is 0 Å². The molecule has 2 unspecified atom stereocenters. The lowest BCUT2D eigenvalue weighted by molar-refractivity contribution is 0.0484. The third-order valence-corrected chi connectivity index (χ3v) is 6.57. The van der Waals surface area contributed by atoms with E-state index in [2.05, 4.69) is 15.8 Å². The number of ether oxygens (including phenoxy) is 2. The number of methoxy groups -OCH3 is 2. The van der Waals surface area contributed by atoms with Crippen LogP contribution < -0.4 is 31.5 Å². The number of nitrogens with zero attached hydrogens (tertiary/aromatic N) is 1. The molecule has 0 saturated heterocycles. The second kappa shape index (κ2) is 10.6. The number of aliphatic hydroxyl groups is 1. The number of nitrogens with one attached hydrogen (secondary N) is 3. The van der Waals surface area contributed by atoms with Gasteiger partial charge >= 0.3 is 6.03 Å². The van der Waals surface area contributed by atoms with Crippen LogP contribution in [-0.2, 0) is 5.60 Å². The van der Waals surface area contributed by atoms with Crippen LogP contribution in [0.5, 0.6) is 11.5 Å². The van der Waals surface area contributed by atoms with E-state index in [1.54, 1.807) is 62.8 Å². The van der Waals surface area contributed by atoms with Gasteiger partial charge in [0.1, 0.15) is 17.1 Å². The number of fused-ring (bicyclic) bond motifs is 1. The van der Waals surface area contributed by atoms with Crippen molar-refractivity contribution in [1.82, 2.24) is 10.9 Å². The standard InChI is InChI=1S/C25H25Cl2N5O4/c1-35-17-7-3-14(4-8-17)21(25(34)13-29-23-19(25)11-16(26)12-20(23)27)22(31-32-24(33)30-28)15-5-9-18(36-2)10-6-15/h3-12,21,29,34H,13,28H2,1-2H3,(H2,30,32,33)/b31-22+. The van der Waals surface area contributed by atoms with Gasteiger partial charge in [0.25, 0.3) is 0 Å². The summed E-state index contributed by atoms with van der Waals surface area (Å²) >= 11 is 12.8. The molecular weight excluding hydrogens is 505 g/mol. The summed E-state index contributed by atoms with van der Waals surface area (Å²) in [5.41, 5.74) is 5.60. The Morgan fingerprint density at radius 3 is 2.28 bits per heavy atom. The normalized spacial score (nSPS) is 17.6. The van der Waals surface area contributed by atoms with Crippen LogP contribution in [0.3, 0.4) is 0 Å². The summed E-state index contributed by atoms with van der Waals surface area (Å²) in [6, 6.07) is 16.9. The van der Waals surface area contributed by atoms with Crippen LogP contribution in [0.15, 0.2) is 65.8 Å². The summed E-state index contributed by atoms with van der Waals surface area (Å²) in [6.07, 6.45) is 0. The lowest BCUT2D eigenvalue weighted by Gasteiger charge is -2.34. The van der Waals surface area contributed by atoms with Gasteiger partial charge in [-0.05, 0) is 59.7 Å². The van der Waals surface area contributed by atoms with Crippen molar-refractivity contribution < 1.29 is 19.4 Å². The molecule has 6 N–H and O–H groups in total. The molecule has 11 heteroatoms. The van der Waals surface area contributed by atoms with E-state index >= 15 is 0 Å². The van der Waals surface area contributed by atoms with E-state index in [0.29, 0.717) is 49.6 Å². The smallest absolute Gasteiger partial charge is 0.349 e. The van der Waals surface area contributed by atoms with Crippen LogP contribution in [0.2, 0.25) is 10.0 Å². The molecule has 3 aromatic carbocycles. The maximum atomic E-state index is 12.3. The Labute approximate surface area is 218 Å². The Kier molecular flexibility index (Phi) is 7.56. The molecule has 36 heavy (non-hydrogen) atoms. The van der Waals surface area contributed by atoms with Crippen molar-refractivity contribution in [2.45, 2.75) is 11.5 Å². The highest BCUT2D eigenvalue weighted by molar-refractivity contribution is 6.36. The molecule has 188 valence electrons. The summed E-state index contributed by atoms with van der Waals surface area (Å²) in [5.74, 6) is 5.73. The van der Waals surface area contributed by atoms with Gasteiger partial charge in [-0.3, -0.25) is 5.43 Å². The van der Waals surface area contributed by atoms with Crippen molar-refractivity contribution in [2.24, 2.45) is 10.9 Å². The third kappa shape index (κ3) is 4.91. The average Bonchev–Trinajstić information content (AvgIpc) is 3.23. The van der Waals surface area contributed by atoms with Gasteiger partial charge < -0.3 is 19.9 Å². The number of β-amino-alcohol motifs (C(OH)–C–C–N with tert-alkyl or cyclic N) is 1. The number of nitrogens with two attached hydrogens (primary N) is 1. The fourth-order valence-corrected chi connectivity index (χ4v) is 4.89. The number of urea groups is 1. The van der Waals surface area contributed by atoms with Crippen LogP contribution in [-0.4, -0.2) is 37.6 Å². The number of carbonyl (C=O) groups is 1. The van der Waals surface area contributed by atoms with Crippen LogP contribution >= 0.6 is 23.2 Å². The molecule has 2 amide bonds. The first-order valence-electron chi connectivity index (χ1n) is 10.9. The summed E-state index contributed by atoms with van der Waals surface area (Å²) in [7, 11) is 3.13. The fourth-order valence-electron chi connectivity index (χ4n) is 4.33. The van der Waals surface area contributed by atoms with Gasteiger partial charge in [0.05, 0.1) is 36.6 Å². The molecular formula is C25H25Cl2N5O4. The van der Waals surface area contributed by atoms with E-state index in [4.69, 9.17) is 38.5 Å². The SMILES string of the molecule is COc1ccc(/C(=N\NC(=O)NN)C(c2ccc(OC)cc2)C2(O)CNc3c(Cl)cc(Cl)cc32)cc1. The number of hydrazine groups is 1. The maximum Gasteiger partial charge on any atom is 0.349 e. The molecule has 0 saturated carbocycles. The third-order valence-electron chi connectivity index (χ3n) is 6.05. The van der Waals surface area contributed by atoms with Crippen LogP contribution in [0, 0.1) is 0 Å². The van der Waals surface area contributed by atoms with Crippen molar-refractivity contribution in [3.05, 3.63) is 87.4 Å². The van der Waals surface area contributed by atoms with Gasteiger partial charge in [-0.2, -0.15) is 5.10 Å². The zero-order valence-corrected chi connectivity index (χ0v) is 21.0. The maximum absolute atomic E-state index is 12.3. The summed E-state index contributed by atoms with van der Waals surface area (Å²) < 4.78 is 10.6. The molecule has 9 nitrogen and oxygen atoms in total. The summed E-state index contributed by atoms with van der Waals surface area (Å²) in [6.45, 7) is 0.108. The second-order valence-corrected chi connectivity index (χ2v) is 8.95. The molecule has 1 aliphatic rings. The van der Waals surface area contributed by atoms with Crippen LogP contribution in [0.25, 0.3) is 0 Å². The molecule has 1 heterocycles. The second-order valence-electron chi connectivity index (χ2n) is 8.10. The minimum absolute atomic E-state index is 0.108. The minimum Gasteiger partial charge on any atom is -0.497 e. The molecule has 0 fully saturated rings. The van der Waals surface area contributed by atoms with Crippen molar-refractivity contribution in [3.8, 4) is 11.5 Å². The highest BCUT2D eigenvalue weighted by atomic mass is 35.5. The zero-order chi connectivity index (χ0) is 25.9. The number of hydrazone groups is 1.